The zero-order chi connectivity index (χ0) is 37.3. The summed E-state index contributed by atoms with van der Waals surface area (Å²) in [7, 11) is 0. The maximum absolute atomic E-state index is 13.3. The van der Waals surface area contributed by atoms with E-state index in [4.69, 9.17) is 8.83 Å². The number of benzene rings is 6. The number of nitrogens with zero attached hydrogens (tertiary/aromatic N) is 2. The van der Waals surface area contributed by atoms with Gasteiger partial charge < -0.3 is 18.6 Å². The Kier molecular flexibility index (Phi) is 9.34. The topological polar surface area (TPSA) is 66.9 Å². The van der Waals surface area contributed by atoms with E-state index in [0.29, 0.717) is 22.3 Å². The molecule has 0 unspecified atom stereocenters. The average Bonchev–Trinajstić information content (AvgIpc) is 3.21. The van der Waals surface area contributed by atoms with Crippen LogP contribution in [0, 0.1) is 0 Å². The molecule has 0 aliphatic rings. The fourth-order valence-electron chi connectivity index (χ4n) is 7.51. The van der Waals surface area contributed by atoms with Crippen molar-refractivity contribution in [3.05, 3.63) is 154 Å². The van der Waals surface area contributed by atoms with E-state index in [1.807, 2.05) is 60.7 Å². The smallest absolute Gasteiger partial charge is 0.344 e. The van der Waals surface area contributed by atoms with Crippen molar-refractivity contribution in [1.82, 2.24) is 0 Å². The Morgan fingerprint density at radius 3 is 1.20 bits per heavy atom. The second-order valence-corrected chi connectivity index (χ2v) is 13.6. The monoisotopic (exact) mass is 710 g/mol. The van der Waals surface area contributed by atoms with Gasteiger partial charge in [-0.2, -0.15) is 0 Å². The van der Waals surface area contributed by atoms with Crippen LogP contribution >= 0.6 is 0 Å². The van der Waals surface area contributed by atoms with Crippen LogP contribution < -0.4 is 21.1 Å². The highest BCUT2D eigenvalue weighted by Crippen LogP contribution is 2.33. The Morgan fingerprint density at radius 1 is 0.389 bits per heavy atom. The molecular weight excluding hydrogens is 669 g/mol. The van der Waals surface area contributed by atoms with Gasteiger partial charge in [0.15, 0.2) is 0 Å². The van der Waals surface area contributed by atoms with Crippen molar-refractivity contribution >= 4 is 44.1 Å². The summed E-state index contributed by atoms with van der Waals surface area (Å²) in [4.78, 5) is 31.0. The summed E-state index contributed by atoms with van der Waals surface area (Å²) in [6, 6.07) is 44.9. The average molecular weight is 711 g/mol. The van der Waals surface area contributed by atoms with Gasteiger partial charge in [0.1, 0.15) is 11.2 Å². The van der Waals surface area contributed by atoms with Crippen molar-refractivity contribution in [3.63, 3.8) is 0 Å². The number of fused-ring (bicyclic) bond motifs is 3. The summed E-state index contributed by atoms with van der Waals surface area (Å²) in [5.74, 6) is 0. The van der Waals surface area contributed by atoms with Crippen LogP contribution in [0.4, 0.5) is 11.4 Å². The highest BCUT2D eigenvalue weighted by atomic mass is 16.4. The Balaban J connectivity index is 1.10. The molecule has 0 atom stereocenters. The Labute approximate surface area is 314 Å². The predicted octanol–water partition coefficient (Wildman–Crippen LogP) is 11.4. The van der Waals surface area contributed by atoms with Gasteiger partial charge in [0, 0.05) is 60.5 Å². The maximum Gasteiger partial charge on any atom is 0.344 e. The van der Waals surface area contributed by atoms with Crippen LogP contribution in [0.1, 0.15) is 27.7 Å². The Bertz CT molecular complexity index is 2600. The summed E-state index contributed by atoms with van der Waals surface area (Å²) in [5.41, 5.74) is 9.34. The normalized spacial score (nSPS) is 11.4. The minimum absolute atomic E-state index is 0.354. The van der Waals surface area contributed by atoms with Gasteiger partial charge in [0.2, 0.25) is 0 Å². The molecule has 0 aliphatic carbocycles. The highest BCUT2D eigenvalue weighted by molar-refractivity contribution is 5.92. The quantitative estimate of drug-likeness (QED) is 0.132. The summed E-state index contributed by atoms with van der Waals surface area (Å²) in [6.45, 7) is 12.0. The molecule has 0 spiro atoms. The third-order valence-electron chi connectivity index (χ3n) is 10.6. The van der Waals surface area contributed by atoms with Crippen LogP contribution in [-0.2, 0) is 0 Å². The molecule has 54 heavy (non-hydrogen) atoms. The maximum atomic E-state index is 13.3. The second-order valence-electron chi connectivity index (χ2n) is 13.6. The van der Waals surface area contributed by atoms with E-state index < -0.39 is 0 Å². The zero-order valence-corrected chi connectivity index (χ0v) is 31.1. The SMILES string of the molecule is CCN(CC)c1ccc2cc(-c3cccc(-c4ccc5ccc(-c6cccc(-c7cc8ccc(N(CC)CC)cc8oc7=O)c6)cc5c4)c3)c(=O)oc2c1. The third-order valence-corrected chi connectivity index (χ3v) is 10.6. The van der Waals surface area contributed by atoms with Gasteiger partial charge in [-0.25, -0.2) is 9.59 Å². The van der Waals surface area contributed by atoms with Gasteiger partial charge in [0.25, 0.3) is 0 Å². The van der Waals surface area contributed by atoms with E-state index in [9.17, 15) is 9.59 Å². The van der Waals surface area contributed by atoms with Crippen LogP contribution in [0.15, 0.2) is 152 Å². The van der Waals surface area contributed by atoms with Crippen LogP contribution in [0.2, 0.25) is 0 Å². The van der Waals surface area contributed by atoms with Crippen molar-refractivity contribution in [1.29, 1.82) is 0 Å². The first-order valence-corrected chi connectivity index (χ1v) is 18.8. The fraction of sp³-hybridized carbons (Fsp3) is 0.167. The molecule has 0 saturated carbocycles. The number of anilines is 2. The summed E-state index contributed by atoms with van der Waals surface area (Å²) in [5, 5.41) is 3.98. The lowest BCUT2D eigenvalue weighted by atomic mass is 9.95. The molecule has 0 amide bonds. The first-order valence-electron chi connectivity index (χ1n) is 18.8. The lowest BCUT2D eigenvalue weighted by Gasteiger charge is -2.21. The van der Waals surface area contributed by atoms with Crippen molar-refractivity contribution < 1.29 is 8.83 Å². The molecule has 6 heteroatoms. The minimum atomic E-state index is -0.354. The van der Waals surface area contributed by atoms with E-state index in [-0.39, 0.29) is 11.3 Å². The molecule has 0 N–H and O–H groups in total. The molecule has 0 fully saturated rings. The minimum Gasteiger partial charge on any atom is -0.422 e. The van der Waals surface area contributed by atoms with E-state index in [0.717, 1.165) is 92.5 Å². The lowest BCUT2D eigenvalue weighted by Crippen LogP contribution is -2.21. The van der Waals surface area contributed by atoms with Crippen molar-refractivity contribution in [2.45, 2.75) is 27.7 Å². The van der Waals surface area contributed by atoms with Gasteiger partial charge in [-0.1, -0.05) is 60.7 Å². The van der Waals surface area contributed by atoms with Crippen molar-refractivity contribution in [3.8, 4) is 44.5 Å². The van der Waals surface area contributed by atoms with Crippen LogP contribution in [0.5, 0.6) is 0 Å². The van der Waals surface area contributed by atoms with Crippen molar-refractivity contribution in [2.75, 3.05) is 36.0 Å². The number of rotatable bonds is 10. The molecular formula is C48H42N2O4. The first-order chi connectivity index (χ1) is 26.3. The standard InChI is InChI=1S/C48H42N2O4/c1-5-49(6-2)41-21-19-38-27-43(47(51)53-45(38)29-41)36-13-9-11-32(23-36)34-17-15-31-16-18-35(26-40(31)25-34)33-12-10-14-37(24-33)44-28-39-20-22-42(50(7-3)8-4)30-46(39)54-48(44)52/h9-30H,5-8H2,1-4H3. The number of hydrogen-bond acceptors (Lipinski definition) is 6. The second kappa shape index (κ2) is 14.6. The molecule has 0 radical (unpaired) electrons. The van der Waals surface area contributed by atoms with E-state index in [1.165, 1.54) is 0 Å². The molecule has 0 aliphatic heterocycles. The lowest BCUT2D eigenvalue weighted by molar-refractivity contribution is 0.563. The largest absolute Gasteiger partial charge is 0.422 e. The molecule has 0 saturated heterocycles. The third kappa shape index (κ3) is 6.56. The number of hydrogen-bond donors (Lipinski definition) is 0. The molecule has 268 valence electrons. The van der Waals surface area contributed by atoms with Gasteiger partial charge in [0.05, 0.1) is 11.1 Å². The van der Waals surface area contributed by atoms with E-state index >= 15 is 0 Å². The zero-order valence-electron chi connectivity index (χ0n) is 31.1. The molecule has 8 rings (SSSR count). The Hall–Kier alpha value is -6.40. The molecule has 8 aromatic rings. The molecule has 6 nitrogen and oxygen atoms in total. The first kappa shape index (κ1) is 34.7. The van der Waals surface area contributed by atoms with Gasteiger partial charge in [-0.15, -0.1) is 0 Å². The summed E-state index contributed by atoms with van der Waals surface area (Å²) < 4.78 is 11.7. The van der Waals surface area contributed by atoms with E-state index in [1.54, 1.807) is 0 Å². The highest BCUT2D eigenvalue weighted by Gasteiger charge is 2.14. The Morgan fingerprint density at radius 2 is 0.778 bits per heavy atom. The summed E-state index contributed by atoms with van der Waals surface area (Å²) >= 11 is 0. The fourth-order valence-corrected chi connectivity index (χ4v) is 7.51. The molecule has 0 bridgehead atoms. The molecule has 2 aromatic heterocycles. The van der Waals surface area contributed by atoms with Gasteiger partial charge in [-0.3, -0.25) is 0 Å². The molecule has 6 aromatic carbocycles. The van der Waals surface area contributed by atoms with Gasteiger partial charge >= 0.3 is 11.3 Å². The summed E-state index contributed by atoms with van der Waals surface area (Å²) in [6.07, 6.45) is 0. The molecule has 2 heterocycles. The predicted molar refractivity (Wildman–Crippen MR) is 225 cm³/mol. The van der Waals surface area contributed by atoms with Crippen LogP contribution in [-0.4, -0.2) is 26.2 Å². The van der Waals surface area contributed by atoms with E-state index in [2.05, 4.69) is 110 Å². The van der Waals surface area contributed by atoms with Crippen LogP contribution in [0.25, 0.3) is 77.2 Å². The van der Waals surface area contributed by atoms with Gasteiger partial charge in [-0.05, 0) is 133 Å². The van der Waals surface area contributed by atoms with Crippen LogP contribution in [0.3, 0.4) is 0 Å². The van der Waals surface area contributed by atoms with Crippen molar-refractivity contribution in [2.24, 2.45) is 0 Å².